The van der Waals surface area contributed by atoms with Gasteiger partial charge in [-0.15, -0.1) is 0 Å². The van der Waals surface area contributed by atoms with Crippen molar-refractivity contribution in [3.63, 3.8) is 0 Å². The number of hydrogen-bond acceptors (Lipinski definition) is 3. The Morgan fingerprint density at radius 2 is 2.00 bits per heavy atom. The van der Waals surface area contributed by atoms with Gasteiger partial charge in [-0.2, -0.15) is 0 Å². The SMILES string of the molecule is CC1(C(=O)N2CCOC3CCCCC32)CCNCC1. The minimum absolute atomic E-state index is 0.148. The van der Waals surface area contributed by atoms with Crippen molar-refractivity contribution in [3.05, 3.63) is 0 Å². The van der Waals surface area contributed by atoms with Gasteiger partial charge in [-0.3, -0.25) is 4.79 Å². The number of rotatable bonds is 1. The van der Waals surface area contributed by atoms with Crippen molar-refractivity contribution in [2.45, 2.75) is 57.6 Å². The van der Waals surface area contributed by atoms with E-state index in [9.17, 15) is 4.79 Å². The molecule has 1 N–H and O–H groups in total. The first-order valence-corrected chi connectivity index (χ1v) is 7.84. The lowest BCUT2D eigenvalue weighted by Crippen LogP contribution is -2.59. The Morgan fingerprint density at radius 1 is 1.26 bits per heavy atom. The van der Waals surface area contributed by atoms with Gasteiger partial charge in [0, 0.05) is 12.0 Å². The van der Waals surface area contributed by atoms with E-state index in [0.29, 0.717) is 18.1 Å². The van der Waals surface area contributed by atoms with E-state index in [4.69, 9.17) is 4.74 Å². The summed E-state index contributed by atoms with van der Waals surface area (Å²) in [6.07, 6.45) is 7.01. The molecule has 3 fully saturated rings. The van der Waals surface area contributed by atoms with Crippen LogP contribution in [0.3, 0.4) is 0 Å². The largest absolute Gasteiger partial charge is 0.374 e. The van der Waals surface area contributed by atoms with Gasteiger partial charge in [0.2, 0.25) is 5.91 Å². The minimum atomic E-state index is -0.148. The lowest BCUT2D eigenvalue weighted by Gasteiger charge is -2.47. The van der Waals surface area contributed by atoms with Crippen LogP contribution in [0.15, 0.2) is 0 Å². The van der Waals surface area contributed by atoms with Crippen molar-refractivity contribution in [2.75, 3.05) is 26.2 Å². The van der Waals surface area contributed by atoms with Crippen molar-refractivity contribution in [1.82, 2.24) is 10.2 Å². The topological polar surface area (TPSA) is 41.6 Å². The number of piperidine rings is 1. The van der Waals surface area contributed by atoms with Gasteiger partial charge in [0.1, 0.15) is 0 Å². The Morgan fingerprint density at radius 3 is 2.79 bits per heavy atom. The van der Waals surface area contributed by atoms with Gasteiger partial charge < -0.3 is 15.0 Å². The summed E-state index contributed by atoms with van der Waals surface area (Å²) in [7, 11) is 0. The maximum atomic E-state index is 13.0. The molecule has 0 aromatic carbocycles. The minimum Gasteiger partial charge on any atom is -0.374 e. The van der Waals surface area contributed by atoms with E-state index in [1.54, 1.807) is 0 Å². The molecule has 1 saturated carbocycles. The molecule has 0 aromatic heterocycles. The Bertz CT molecular complexity index is 337. The van der Waals surface area contributed by atoms with Crippen LogP contribution >= 0.6 is 0 Å². The summed E-state index contributed by atoms with van der Waals surface area (Å²) in [4.78, 5) is 15.1. The van der Waals surface area contributed by atoms with E-state index >= 15 is 0 Å². The fourth-order valence-corrected chi connectivity index (χ4v) is 3.89. The van der Waals surface area contributed by atoms with Crippen molar-refractivity contribution >= 4 is 5.91 Å². The number of ether oxygens (including phenoxy) is 1. The summed E-state index contributed by atoms with van der Waals surface area (Å²) in [6, 6.07) is 0.349. The zero-order valence-corrected chi connectivity index (χ0v) is 12.0. The molecule has 2 aliphatic heterocycles. The molecule has 2 saturated heterocycles. The van der Waals surface area contributed by atoms with Gasteiger partial charge in [-0.05, 0) is 38.8 Å². The molecule has 0 spiro atoms. The number of amides is 1. The average molecular weight is 266 g/mol. The zero-order valence-electron chi connectivity index (χ0n) is 12.0. The summed E-state index contributed by atoms with van der Waals surface area (Å²) in [5, 5.41) is 3.36. The van der Waals surface area contributed by atoms with Crippen LogP contribution in [-0.4, -0.2) is 49.2 Å². The molecule has 2 atom stereocenters. The standard InChI is InChI=1S/C15H26N2O2/c1-15(6-8-16-9-7-15)14(18)17-10-11-19-13-5-3-2-4-12(13)17/h12-13,16H,2-11H2,1H3. The fourth-order valence-electron chi connectivity index (χ4n) is 3.89. The van der Waals surface area contributed by atoms with Crippen molar-refractivity contribution < 1.29 is 9.53 Å². The third kappa shape index (κ3) is 2.52. The summed E-state index contributed by atoms with van der Waals surface area (Å²) >= 11 is 0. The second-order valence-corrected chi connectivity index (χ2v) is 6.57. The molecule has 0 bridgehead atoms. The average Bonchev–Trinajstić information content (AvgIpc) is 2.47. The predicted molar refractivity (Wildman–Crippen MR) is 73.9 cm³/mol. The Kier molecular flexibility index (Phi) is 3.81. The van der Waals surface area contributed by atoms with E-state index < -0.39 is 0 Å². The molecule has 1 amide bonds. The van der Waals surface area contributed by atoms with Crippen LogP contribution in [0.2, 0.25) is 0 Å². The highest BCUT2D eigenvalue weighted by molar-refractivity contribution is 5.83. The lowest BCUT2D eigenvalue weighted by molar-refractivity contribution is -0.160. The normalized spacial score (nSPS) is 34.7. The van der Waals surface area contributed by atoms with Gasteiger partial charge in [0.25, 0.3) is 0 Å². The predicted octanol–water partition coefficient (Wildman–Crippen LogP) is 1.55. The molecular formula is C15H26N2O2. The molecule has 1 aliphatic carbocycles. The van der Waals surface area contributed by atoms with E-state index in [0.717, 1.165) is 51.9 Å². The first-order valence-electron chi connectivity index (χ1n) is 7.84. The van der Waals surface area contributed by atoms with Crippen LogP contribution in [0, 0.1) is 5.41 Å². The van der Waals surface area contributed by atoms with Gasteiger partial charge in [-0.1, -0.05) is 19.8 Å². The van der Waals surface area contributed by atoms with Crippen LogP contribution in [0.4, 0.5) is 0 Å². The Balaban J connectivity index is 1.74. The van der Waals surface area contributed by atoms with Gasteiger partial charge in [0.05, 0.1) is 18.8 Å². The van der Waals surface area contributed by atoms with Crippen molar-refractivity contribution in [1.29, 1.82) is 0 Å². The van der Waals surface area contributed by atoms with Gasteiger partial charge >= 0.3 is 0 Å². The number of morpholine rings is 1. The molecule has 4 heteroatoms. The molecule has 4 nitrogen and oxygen atoms in total. The van der Waals surface area contributed by atoms with E-state index in [-0.39, 0.29) is 5.41 Å². The first kappa shape index (κ1) is 13.4. The third-order valence-electron chi connectivity index (χ3n) is 5.22. The van der Waals surface area contributed by atoms with Gasteiger partial charge in [-0.25, -0.2) is 0 Å². The molecule has 19 heavy (non-hydrogen) atoms. The second-order valence-electron chi connectivity index (χ2n) is 6.57. The molecule has 108 valence electrons. The quantitative estimate of drug-likeness (QED) is 0.783. The lowest BCUT2D eigenvalue weighted by atomic mass is 9.78. The number of carbonyl (C=O) groups excluding carboxylic acids is 1. The second kappa shape index (κ2) is 5.41. The van der Waals surface area contributed by atoms with Crippen molar-refractivity contribution in [2.24, 2.45) is 5.41 Å². The number of hydrogen-bond donors (Lipinski definition) is 1. The number of nitrogens with zero attached hydrogens (tertiary/aromatic N) is 1. The highest BCUT2D eigenvalue weighted by Gasteiger charge is 2.43. The van der Waals surface area contributed by atoms with Crippen LogP contribution < -0.4 is 5.32 Å². The first-order chi connectivity index (χ1) is 9.21. The highest BCUT2D eigenvalue weighted by atomic mass is 16.5. The zero-order chi connectivity index (χ0) is 13.3. The monoisotopic (exact) mass is 266 g/mol. The van der Waals surface area contributed by atoms with Gasteiger partial charge in [0.15, 0.2) is 0 Å². The number of nitrogens with one attached hydrogen (secondary N) is 1. The number of fused-ring (bicyclic) bond motifs is 1. The molecule has 2 unspecified atom stereocenters. The highest BCUT2D eigenvalue weighted by Crippen LogP contribution is 2.35. The summed E-state index contributed by atoms with van der Waals surface area (Å²) in [6.45, 7) is 5.62. The molecule has 3 aliphatic rings. The molecule has 0 aromatic rings. The summed E-state index contributed by atoms with van der Waals surface area (Å²) in [5.41, 5.74) is -0.148. The summed E-state index contributed by atoms with van der Waals surface area (Å²) in [5.74, 6) is 0.384. The van der Waals surface area contributed by atoms with Crippen molar-refractivity contribution in [3.8, 4) is 0 Å². The molecule has 3 rings (SSSR count). The molecule has 2 heterocycles. The van der Waals surface area contributed by atoms with E-state index in [2.05, 4.69) is 17.1 Å². The Labute approximate surface area is 115 Å². The third-order valence-corrected chi connectivity index (χ3v) is 5.22. The molecule has 0 radical (unpaired) electrons. The maximum absolute atomic E-state index is 13.0. The summed E-state index contributed by atoms with van der Waals surface area (Å²) < 4.78 is 5.88. The van der Waals surface area contributed by atoms with Crippen LogP contribution in [-0.2, 0) is 9.53 Å². The van der Waals surface area contributed by atoms with E-state index in [1.807, 2.05) is 0 Å². The smallest absolute Gasteiger partial charge is 0.229 e. The molecular weight excluding hydrogens is 240 g/mol. The Hall–Kier alpha value is -0.610. The fraction of sp³-hybridized carbons (Fsp3) is 0.933. The van der Waals surface area contributed by atoms with Crippen LogP contribution in [0.1, 0.15) is 45.4 Å². The maximum Gasteiger partial charge on any atom is 0.229 e. The number of carbonyl (C=O) groups is 1. The van der Waals surface area contributed by atoms with E-state index in [1.165, 1.54) is 12.8 Å². The van der Waals surface area contributed by atoms with Crippen LogP contribution in [0.25, 0.3) is 0 Å². The van der Waals surface area contributed by atoms with Crippen LogP contribution in [0.5, 0.6) is 0 Å².